The molecule has 34 heavy (non-hydrogen) atoms. The number of rotatable bonds is 7. The molecule has 0 amide bonds. The van der Waals surface area contributed by atoms with Crippen LogP contribution in [0.2, 0.25) is 0 Å². The third kappa shape index (κ3) is 3.74. The summed E-state index contributed by atoms with van der Waals surface area (Å²) < 4.78 is 6.20. The standard InChI is InChI=1S/C27H34N6O/c1-18(13-19-3-4-19)33-12-11-32(16-27(33)9-10-27)24-15-23(28-17-29-24)25-21-14-20(34-26(2)7-8-26)5-6-22(21)30-31-25/h5-6,14-15,17-19H,3-4,7-13,16H2,1-2H3,(H,30,31). The first kappa shape index (κ1) is 20.7. The molecule has 3 heterocycles. The maximum absolute atomic E-state index is 6.20. The summed E-state index contributed by atoms with van der Waals surface area (Å²) in [6.45, 7) is 7.82. The SMILES string of the molecule is CC(CC1CC1)N1CCN(c2cc(-c3n[nH]c4ccc(OC5(C)CC5)cc34)ncn2)CC12CC2. The van der Waals surface area contributed by atoms with E-state index >= 15 is 0 Å². The topological polar surface area (TPSA) is 70.2 Å². The molecule has 1 saturated heterocycles. The molecule has 1 unspecified atom stereocenters. The quantitative estimate of drug-likeness (QED) is 0.549. The maximum atomic E-state index is 6.20. The van der Waals surface area contributed by atoms with E-state index in [1.54, 1.807) is 6.33 Å². The van der Waals surface area contributed by atoms with Gasteiger partial charge in [-0.25, -0.2) is 9.97 Å². The largest absolute Gasteiger partial charge is 0.488 e. The molecule has 1 atom stereocenters. The van der Waals surface area contributed by atoms with Crippen molar-refractivity contribution in [3.63, 3.8) is 0 Å². The fourth-order valence-electron chi connectivity index (χ4n) is 5.89. The Hall–Kier alpha value is -2.67. The normalized spacial score (nSPS) is 23.9. The third-order valence-electron chi connectivity index (χ3n) is 8.51. The lowest BCUT2D eigenvalue weighted by molar-refractivity contribution is 0.101. The summed E-state index contributed by atoms with van der Waals surface area (Å²) in [5, 5.41) is 8.83. The summed E-state index contributed by atoms with van der Waals surface area (Å²) in [4.78, 5) is 14.6. The minimum absolute atomic E-state index is 0.00324. The zero-order valence-corrected chi connectivity index (χ0v) is 20.3. The Morgan fingerprint density at radius 3 is 2.74 bits per heavy atom. The van der Waals surface area contributed by atoms with E-state index in [4.69, 9.17) is 4.74 Å². The van der Waals surface area contributed by atoms with Crippen LogP contribution >= 0.6 is 0 Å². The maximum Gasteiger partial charge on any atom is 0.132 e. The van der Waals surface area contributed by atoms with Crippen molar-refractivity contribution >= 4 is 16.7 Å². The molecule has 7 nitrogen and oxygen atoms in total. The van der Waals surface area contributed by atoms with Gasteiger partial charge in [0.1, 0.15) is 29.2 Å². The minimum atomic E-state index is -0.00324. The second kappa shape index (κ2) is 7.41. The van der Waals surface area contributed by atoms with Crippen LogP contribution in [0.25, 0.3) is 22.3 Å². The second-order valence-electron chi connectivity index (χ2n) is 11.5. The van der Waals surface area contributed by atoms with Crippen LogP contribution in [0.15, 0.2) is 30.6 Å². The van der Waals surface area contributed by atoms with Crippen LogP contribution in [0.5, 0.6) is 5.75 Å². The molecule has 4 aliphatic rings. The Balaban J connectivity index is 1.13. The number of H-pyrrole nitrogens is 1. The molecule has 3 aromatic rings. The van der Waals surface area contributed by atoms with Gasteiger partial charge < -0.3 is 9.64 Å². The fourth-order valence-corrected chi connectivity index (χ4v) is 5.89. The number of fused-ring (bicyclic) bond motifs is 1. The lowest BCUT2D eigenvalue weighted by atomic mass is 10.0. The van der Waals surface area contributed by atoms with E-state index in [1.165, 1.54) is 32.1 Å². The van der Waals surface area contributed by atoms with Crippen LogP contribution in [-0.2, 0) is 0 Å². The highest BCUT2D eigenvalue weighted by Gasteiger charge is 2.53. The van der Waals surface area contributed by atoms with Crippen molar-refractivity contribution in [1.29, 1.82) is 0 Å². The van der Waals surface area contributed by atoms with E-state index in [0.717, 1.165) is 72.3 Å². The summed E-state index contributed by atoms with van der Waals surface area (Å²) in [5.74, 6) is 2.89. The van der Waals surface area contributed by atoms with Crippen LogP contribution in [0.4, 0.5) is 5.82 Å². The number of ether oxygens (including phenoxy) is 1. The van der Waals surface area contributed by atoms with Crippen molar-refractivity contribution in [3.8, 4) is 17.1 Å². The van der Waals surface area contributed by atoms with Crippen LogP contribution in [0.1, 0.15) is 58.8 Å². The van der Waals surface area contributed by atoms with E-state index in [2.05, 4.69) is 55.9 Å². The summed E-state index contributed by atoms with van der Waals surface area (Å²) in [6.07, 6.45) is 10.8. The van der Waals surface area contributed by atoms with Gasteiger partial charge in [-0.15, -0.1) is 0 Å². The Bertz CT molecular complexity index is 1220. The highest BCUT2D eigenvalue weighted by atomic mass is 16.5. The third-order valence-corrected chi connectivity index (χ3v) is 8.51. The van der Waals surface area contributed by atoms with Gasteiger partial charge in [0.05, 0.1) is 11.2 Å². The highest BCUT2D eigenvalue weighted by Crippen LogP contribution is 2.48. The molecule has 7 rings (SSSR count). The van der Waals surface area contributed by atoms with Crippen LogP contribution in [-0.4, -0.2) is 61.9 Å². The molecule has 0 bridgehead atoms. The number of nitrogens with one attached hydrogen (secondary N) is 1. The average molecular weight is 459 g/mol. The zero-order chi connectivity index (χ0) is 22.9. The number of nitrogens with zero attached hydrogens (tertiary/aromatic N) is 5. The molecule has 178 valence electrons. The average Bonchev–Trinajstić information content (AvgIpc) is 3.79. The number of aromatic amines is 1. The molecule has 3 saturated carbocycles. The van der Waals surface area contributed by atoms with E-state index < -0.39 is 0 Å². The first-order chi connectivity index (χ1) is 16.5. The van der Waals surface area contributed by atoms with Gasteiger partial charge in [0, 0.05) is 42.7 Å². The molecule has 3 aliphatic carbocycles. The van der Waals surface area contributed by atoms with Gasteiger partial charge in [-0.1, -0.05) is 12.8 Å². The number of anilines is 1. The second-order valence-corrected chi connectivity index (χ2v) is 11.5. The molecule has 4 fully saturated rings. The molecular formula is C27H34N6O. The van der Waals surface area contributed by atoms with Gasteiger partial charge in [0.15, 0.2) is 0 Å². The highest BCUT2D eigenvalue weighted by molar-refractivity contribution is 5.93. The summed E-state index contributed by atoms with van der Waals surface area (Å²) in [6, 6.07) is 8.98. The molecule has 1 N–H and O–H groups in total. The van der Waals surface area contributed by atoms with Gasteiger partial charge >= 0.3 is 0 Å². The van der Waals surface area contributed by atoms with Crippen molar-refractivity contribution in [2.75, 3.05) is 24.5 Å². The Morgan fingerprint density at radius 1 is 1.12 bits per heavy atom. The minimum Gasteiger partial charge on any atom is -0.488 e. The molecule has 1 aliphatic heterocycles. The van der Waals surface area contributed by atoms with Crippen LogP contribution in [0.3, 0.4) is 0 Å². The zero-order valence-electron chi connectivity index (χ0n) is 20.3. The number of hydrogen-bond acceptors (Lipinski definition) is 6. The number of piperazine rings is 1. The van der Waals surface area contributed by atoms with Gasteiger partial charge in [-0.2, -0.15) is 5.10 Å². The van der Waals surface area contributed by atoms with Crippen LogP contribution < -0.4 is 9.64 Å². The molecule has 7 heteroatoms. The first-order valence-electron chi connectivity index (χ1n) is 13.0. The molecule has 1 spiro atoms. The summed E-state index contributed by atoms with van der Waals surface area (Å²) in [5.41, 5.74) is 3.07. The van der Waals surface area contributed by atoms with E-state index in [0.29, 0.717) is 11.6 Å². The van der Waals surface area contributed by atoms with Gasteiger partial charge in [0.2, 0.25) is 0 Å². The smallest absolute Gasteiger partial charge is 0.132 e. The van der Waals surface area contributed by atoms with E-state index in [1.807, 2.05) is 12.1 Å². The van der Waals surface area contributed by atoms with Gasteiger partial charge in [0.25, 0.3) is 0 Å². The lowest BCUT2D eigenvalue weighted by Crippen LogP contribution is -2.58. The Kier molecular flexibility index (Phi) is 4.51. The molecule has 1 aromatic carbocycles. The number of aromatic nitrogens is 4. The van der Waals surface area contributed by atoms with Crippen molar-refractivity contribution in [2.45, 2.75) is 76.0 Å². The monoisotopic (exact) mass is 458 g/mol. The van der Waals surface area contributed by atoms with E-state index in [9.17, 15) is 0 Å². The first-order valence-corrected chi connectivity index (χ1v) is 13.0. The van der Waals surface area contributed by atoms with Crippen molar-refractivity contribution in [3.05, 3.63) is 30.6 Å². The predicted octanol–water partition coefficient (Wildman–Crippen LogP) is 4.79. The summed E-state index contributed by atoms with van der Waals surface area (Å²) in [7, 11) is 0. The van der Waals surface area contributed by atoms with Crippen molar-refractivity contribution in [2.24, 2.45) is 5.92 Å². The van der Waals surface area contributed by atoms with Crippen LogP contribution in [0, 0.1) is 5.92 Å². The summed E-state index contributed by atoms with van der Waals surface area (Å²) >= 11 is 0. The van der Waals surface area contributed by atoms with Gasteiger partial charge in [-0.05, 0) is 70.1 Å². The van der Waals surface area contributed by atoms with Crippen molar-refractivity contribution < 1.29 is 4.74 Å². The Morgan fingerprint density at radius 2 is 1.97 bits per heavy atom. The number of hydrogen-bond donors (Lipinski definition) is 1. The Labute approximate surface area is 200 Å². The molecule has 2 aromatic heterocycles. The molecule has 0 radical (unpaired) electrons. The van der Waals surface area contributed by atoms with E-state index in [-0.39, 0.29) is 5.60 Å². The van der Waals surface area contributed by atoms with Gasteiger partial charge in [-0.3, -0.25) is 10.00 Å². The van der Waals surface area contributed by atoms with Crippen molar-refractivity contribution in [1.82, 2.24) is 25.1 Å². The molecular weight excluding hydrogens is 424 g/mol. The lowest BCUT2D eigenvalue weighted by Gasteiger charge is -2.45. The fraction of sp³-hybridized carbons (Fsp3) is 0.593. The number of benzene rings is 1. The predicted molar refractivity (Wildman–Crippen MR) is 133 cm³/mol.